The Morgan fingerprint density at radius 2 is 1.80 bits per heavy atom. The number of hydrogen-bond donors (Lipinski definition) is 1. The van der Waals surface area contributed by atoms with Gasteiger partial charge in [-0.05, 0) is 37.1 Å². The minimum Gasteiger partial charge on any atom is -0.493 e. The third-order valence-corrected chi connectivity index (χ3v) is 2.13. The minimum atomic E-state index is -1.00. The van der Waals surface area contributed by atoms with Crippen molar-refractivity contribution in [1.29, 1.82) is 0 Å². The monoisotopic (exact) mass is 210 g/mol. The quantitative estimate of drug-likeness (QED) is 0.822. The van der Waals surface area contributed by atoms with Crippen molar-refractivity contribution in [3.63, 3.8) is 0 Å². The fourth-order valence-corrected chi connectivity index (χ4v) is 1.18. The van der Waals surface area contributed by atoms with Gasteiger partial charge in [-0.1, -0.05) is 0 Å². The van der Waals surface area contributed by atoms with E-state index in [0.717, 1.165) is 11.1 Å². The molecule has 0 radical (unpaired) electrons. The lowest BCUT2D eigenvalue weighted by atomic mass is 10.1. The molecular weight excluding hydrogens is 196 g/mol. The van der Waals surface area contributed by atoms with E-state index < -0.39 is 5.97 Å². The van der Waals surface area contributed by atoms with Gasteiger partial charge in [0.15, 0.2) is 18.1 Å². The van der Waals surface area contributed by atoms with E-state index in [1.165, 1.54) is 7.11 Å². The maximum Gasteiger partial charge on any atom is 0.341 e. The molecule has 1 aromatic rings. The van der Waals surface area contributed by atoms with Crippen LogP contribution in [0, 0.1) is 13.8 Å². The van der Waals surface area contributed by atoms with Gasteiger partial charge < -0.3 is 14.6 Å². The van der Waals surface area contributed by atoms with Gasteiger partial charge >= 0.3 is 5.97 Å². The van der Waals surface area contributed by atoms with Crippen molar-refractivity contribution in [2.75, 3.05) is 13.7 Å². The Hall–Kier alpha value is -1.71. The van der Waals surface area contributed by atoms with Gasteiger partial charge in [-0.3, -0.25) is 0 Å². The van der Waals surface area contributed by atoms with Crippen LogP contribution in [0.5, 0.6) is 11.5 Å². The fourth-order valence-electron chi connectivity index (χ4n) is 1.18. The lowest BCUT2D eigenvalue weighted by Crippen LogP contribution is -2.10. The number of ether oxygens (including phenoxy) is 2. The maximum atomic E-state index is 10.4. The molecule has 0 atom stereocenters. The van der Waals surface area contributed by atoms with Gasteiger partial charge in [0.2, 0.25) is 0 Å². The van der Waals surface area contributed by atoms with Gasteiger partial charge in [-0.25, -0.2) is 4.79 Å². The average Bonchev–Trinajstić information content (AvgIpc) is 2.19. The first-order valence-corrected chi connectivity index (χ1v) is 4.54. The number of carbonyl (C=O) groups is 1. The molecule has 0 aliphatic carbocycles. The largest absolute Gasteiger partial charge is 0.493 e. The number of methoxy groups -OCH3 is 1. The third-order valence-electron chi connectivity index (χ3n) is 2.13. The molecule has 0 fully saturated rings. The summed E-state index contributed by atoms with van der Waals surface area (Å²) in [5.74, 6) is 0.0117. The summed E-state index contributed by atoms with van der Waals surface area (Å²) in [6.45, 7) is 3.53. The smallest absolute Gasteiger partial charge is 0.341 e. The molecule has 0 saturated carbocycles. The van der Waals surface area contributed by atoms with E-state index >= 15 is 0 Å². The van der Waals surface area contributed by atoms with Crippen molar-refractivity contribution < 1.29 is 19.4 Å². The van der Waals surface area contributed by atoms with Crippen LogP contribution in [0.1, 0.15) is 11.1 Å². The molecule has 0 heterocycles. The van der Waals surface area contributed by atoms with E-state index in [1.54, 1.807) is 6.07 Å². The number of aryl methyl sites for hydroxylation is 2. The number of carboxylic acid groups (broad SMARTS) is 1. The highest BCUT2D eigenvalue weighted by Gasteiger charge is 2.08. The van der Waals surface area contributed by atoms with E-state index in [1.807, 2.05) is 19.9 Å². The van der Waals surface area contributed by atoms with Crippen LogP contribution in [0.25, 0.3) is 0 Å². The van der Waals surface area contributed by atoms with E-state index in [9.17, 15) is 4.79 Å². The first kappa shape index (κ1) is 11.4. The fraction of sp³-hybridized carbons (Fsp3) is 0.364. The van der Waals surface area contributed by atoms with E-state index in [2.05, 4.69) is 0 Å². The van der Waals surface area contributed by atoms with E-state index in [0.29, 0.717) is 11.5 Å². The Kier molecular flexibility index (Phi) is 3.55. The predicted octanol–water partition coefficient (Wildman–Crippen LogP) is 1.78. The second kappa shape index (κ2) is 4.68. The summed E-state index contributed by atoms with van der Waals surface area (Å²) in [6.07, 6.45) is 0. The zero-order chi connectivity index (χ0) is 11.4. The molecule has 1 N–H and O–H groups in total. The van der Waals surface area contributed by atoms with Gasteiger partial charge in [-0.2, -0.15) is 0 Å². The van der Waals surface area contributed by atoms with Crippen molar-refractivity contribution >= 4 is 5.97 Å². The van der Waals surface area contributed by atoms with Crippen LogP contribution < -0.4 is 9.47 Å². The summed E-state index contributed by atoms with van der Waals surface area (Å²) < 4.78 is 10.2. The predicted molar refractivity (Wildman–Crippen MR) is 55.6 cm³/mol. The summed E-state index contributed by atoms with van der Waals surface area (Å²) in [5, 5.41) is 8.50. The van der Waals surface area contributed by atoms with Crippen LogP contribution in [0.4, 0.5) is 0 Å². The molecule has 0 saturated heterocycles. The third kappa shape index (κ3) is 2.87. The van der Waals surface area contributed by atoms with Gasteiger partial charge in [0.25, 0.3) is 0 Å². The first-order chi connectivity index (χ1) is 7.04. The molecule has 1 rings (SSSR count). The summed E-state index contributed by atoms with van der Waals surface area (Å²) >= 11 is 0. The van der Waals surface area contributed by atoms with Crippen molar-refractivity contribution in [1.82, 2.24) is 0 Å². The van der Waals surface area contributed by atoms with E-state index in [-0.39, 0.29) is 6.61 Å². The van der Waals surface area contributed by atoms with Crippen LogP contribution in [-0.2, 0) is 4.79 Å². The van der Waals surface area contributed by atoms with Crippen molar-refractivity contribution in [2.24, 2.45) is 0 Å². The standard InChI is InChI=1S/C11H14O4/c1-7-4-9(14-3)10(5-8(7)2)15-6-11(12)13/h4-5H,6H2,1-3H3,(H,12,13). The van der Waals surface area contributed by atoms with Gasteiger partial charge in [-0.15, -0.1) is 0 Å². The van der Waals surface area contributed by atoms with Crippen LogP contribution in [0.15, 0.2) is 12.1 Å². The lowest BCUT2D eigenvalue weighted by Gasteiger charge is -2.11. The number of benzene rings is 1. The normalized spacial score (nSPS) is 9.80. The molecule has 4 nitrogen and oxygen atoms in total. The van der Waals surface area contributed by atoms with Crippen molar-refractivity contribution in [3.8, 4) is 11.5 Å². The SMILES string of the molecule is COc1cc(C)c(C)cc1OCC(=O)O. The lowest BCUT2D eigenvalue weighted by molar-refractivity contribution is -0.139. The molecule has 0 unspecified atom stereocenters. The summed E-state index contributed by atoms with van der Waals surface area (Å²) in [7, 11) is 1.53. The molecule has 82 valence electrons. The highest BCUT2D eigenvalue weighted by Crippen LogP contribution is 2.30. The van der Waals surface area contributed by atoms with Crippen molar-refractivity contribution in [3.05, 3.63) is 23.3 Å². The number of rotatable bonds is 4. The Labute approximate surface area is 88.4 Å². The first-order valence-electron chi connectivity index (χ1n) is 4.54. The van der Waals surface area contributed by atoms with Crippen LogP contribution >= 0.6 is 0 Å². The van der Waals surface area contributed by atoms with Gasteiger partial charge in [0.1, 0.15) is 0 Å². The second-order valence-electron chi connectivity index (χ2n) is 3.27. The summed E-state index contributed by atoms with van der Waals surface area (Å²) in [5.41, 5.74) is 2.12. The Balaban J connectivity index is 2.94. The Bertz CT molecular complexity index is 371. The highest BCUT2D eigenvalue weighted by atomic mass is 16.5. The van der Waals surface area contributed by atoms with Crippen LogP contribution in [-0.4, -0.2) is 24.8 Å². The molecule has 0 spiro atoms. The zero-order valence-corrected chi connectivity index (χ0v) is 9.03. The molecule has 0 aliphatic rings. The number of aliphatic carboxylic acids is 1. The molecule has 0 aliphatic heterocycles. The van der Waals surface area contributed by atoms with Crippen LogP contribution in [0.2, 0.25) is 0 Å². The molecule has 0 aromatic heterocycles. The van der Waals surface area contributed by atoms with Crippen molar-refractivity contribution in [2.45, 2.75) is 13.8 Å². The van der Waals surface area contributed by atoms with Gasteiger partial charge in [0, 0.05) is 0 Å². The molecule has 1 aromatic carbocycles. The number of hydrogen-bond acceptors (Lipinski definition) is 3. The molecular formula is C11H14O4. The Morgan fingerprint density at radius 1 is 1.27 bits per heavy atom. The summed E-state index contributed by atoms with van der Waals surface area (Å²) in [4.78, 5) is 10.4. The summed E-state index contributed by atoms with van der Waals surface area (Å²) in [6, 6.07) is 3.60. The minimum absolute atomic E-state index is 0.362. The molecule has 0 amide bonds. The number of carboxylic acids is 1. The van der Waals surface area contributed by atoms with Gasteiger partial charge in [0.05, 0.1) is 7.11 Å². The second-order valence-corrected chi connectivity index (χ2v) is 3.27. The maximum absolute atomic E-state index is 10.4. The molecule has 15 heavy (non-hydrogen) atoms. The topological polar surface area (TPSA) is 55.8 Å². The zero-order valence-electron chi connectivity index (χ0n) is 9.03. The van der Waals surface area contributed by atoms with Crippen LogP contribution in [0.3, 0.4) is 0 Å². The Morgan fingerprint density at radius 3 is 2.27 bits per heavy atom. The molecule has 4 heteroatoms. The van der Waals surface area contributed by atoms with E-state index in [4.69, 9.17) is 14.6 Å². The average molecular weight is 210 g/mol. The highest BCUT2D eigenvalue weighted by molar-refractivity contribution is 5.68. The molecule has 0 bridgehead atoms.